The minimum atomic E-state index is -1.14. The van der Waals surface area contributed by atoms with Crippen molar-refractivity contribution in [2.24, 2.45) is 0 Å². The monoisotopic (exact) mass is 298 g/mol. The van der Waals surface area contributed by atoms with Gasteiger partial charge in [0.15, 0.2) is 0 Å². The van der Waals surface area contributed by atoms with Crippen molar-refractivity contribution < 1.29 is 14.3 Å². The molecule has 1 fully saturated rings. The second-order valence-electron chi connectivity index (χ2n) is 5.09. The minimum absolute atomic E-state index is 0.0498. The highest BCUT2D eigenvalue weighted by Gasteiger charge is 2.22. The summed E-state index contributed by atoms with van der Waals surface area (Å²) >= 11 is 1.83. The maximum absolute atomic E-state index is 13.9. The summed E-state index contributed by atoms with van der Waals surface area (Å²) in [6, 6.07) is 2.54. The lowest BCUT2D eigenvalue weighted by Gasteiger charge is -2.29. The zero-order valence-electron chi connectivity index (χ0n) is 11.4. The normalized spacial score (nSPS) is 22.5. The van der Waals surface area contributed by atoms with E-state index in [2.05, 4.69) is 11.6 Å². The van der Waals surface area contributed by atoms with E-state index in [1.54, 1.807) is 0 Å². The van der Waals surface area contributed by atoms with Crippen LogP contribution in [0, 0.1) is 5.82 Å². The largest absolute Gasteiger partial charge is 0.478 e. The molecule has 4 nitrogen and oxygen atoms in total. The second kappa shape index (κ2) is 6.35. The van der Waals surface area contributed by atoms with Gasteiger partial charge >= 0.3 is 5.97 Å². The second-order valence-corrected chi connectivity index (χ2v) is 6.23. The SMILES string of the molecule is CSC1CCCC(Nc2cc(C(=O)O)c(N)cc2F)C1. The van der Waals surface area contributed by atoms with Crippen molar-refractivity contribution >= 4 is 29.1 Å². The molecule has 1 aromatic rings. The predicted octanol–water partition coefficient (Wildman–Crippen LogP) is 3.19. The van der Waals surface area contributed by atoms with Crippen molar-refractivity contribution in [3.63, 3.8) is 0 Å². The lowest BCUT2D eigenvalue weighted by Crippen LogP contribution is -2.29. The van der Waals surface area contributed by atoms with E-state index in [1.807, 2.05) is 11.8 Å². The summed E-state index contributed by atoms with van der Waals surface area (Å²) in [5, 5.41) is 12.7. The minimum Gasteiger partial charge on any atom is -0.478 e. The van der Waals surface area contributed by atoms with Gasteiger partial charge < -0.3 is 16.2 Å². The van der Waals surface area contributed by atoms with Crippen molar-refractivity contribution in [1.29, 1.82) is 0 Å². The molecule has 0 spiro atoms. The van der Waals surface area contributed by atoms with Crippen LogP contribution in [0.5, 0.6) is 0 Å². The summed E-state index contributed by atoms with van der Waals surface area (Å²) in [7, 11) is 0. The standard InChI is InChI=1S/C14H19FN2O2S/c1-20-9-4-2-3-8(5-9)17-13-6-10(14(18)19)12(16)7-11(13)15/h6-9,17H,2-5,16H2,1H3,(H,18,19). The van der Waals surface area contributed by atoms with Crippen LogP contribution in [-0.4, -0.2) is 28.6 Å². The molecule has 6 heteroatoms. The number of rotatable bonds is 4. The van der Waals surface area contributed by atoms with E-state index in [0.29, 0.717) is 5.25 Å². The number of aromatic carboxylic acids is 1. The third kappa shape index (κ3) is 3.36. The van der Waals surface area contributed by atoms with Gasteiger partial charge in [0.25, 0.3) is 0 Å². The van der Waals surface area contributed by atoms with Gasteiger partial charge in [0, 0.05) is 17.0 Å². The van der Waals surface area contributed by atoms with Crippen LogP contribution < -0.4 is 11.1 Å². The van der Waals surface area contributed by atoms with Gasteiger partial charge in [-0.05, 0) is 37.7 Å². The van der Waals surface area contributed by atoms with Crippen LogP contribution in [0.1, 0.15) is 36.0 Å². The van der Waals surface area contributed by atoms with Gasteiger partial charge in [-0.25, -0.2) is 9.18 Å². The fourth-order valence-corrected chi connectivity index (χ4v) is 3.42. The van der Waals surface area contributed by atoms with Crippen molar-refractivity contribution in [2.45, 2.75) is 37.0 Å². The number of hydrogen-bond acceptors (Lipinski definition) is 4. The molecule has 20 heavy (non-hydrogen) atoms. The number of carbonyl (C=O) groups is 1. The number of carboxylic acid groups (broad SMARTS) is 1. The summed E-state index contributed by atoms with van der Waals surface area (Å²) in [5.41, 5.74) is 5.63. The molecule has 0 bridgehead atoms. The number of hydrogen-bond donors (Lipinski definition) is 3. The Kier molecular flexibility index (Phi) is 4.75. The van der Waals surface area contributed by atoms with Crippen molar-refractivity contribution in [1.82, 2.24) is 0 Å². The molecule has 0 aliphatic heterocycles. The number of nitrogen functional groups attached to an aromatic ring is 1. The number of anilines is 2. The molecule has 2 rings (SSSR count). The molecule has 2 atom stereocenters. The van der Waals surface area contributed by atoms with Crippen LogP contribution in [0.2, 0.25) is 0 Å². The number of thioether (sulfide) groups is 1. The summed E-state index contributed by atoms with van der Waals surface area (Å²) in [4.78, 5) is 11.0. The Morgan fingerprint density at radius 1 is 1.50 bits per heavy atom. The van der Waals surface area contributed by atoms with Crippen LogP contribution in [-0.2, 0) is 0 Å². The van der Waals surface area contributed by atoms with Gasteiger partial charge in [-0.15, -0.1) is 0 Å². The molecule has 0 saturated heterocycles. The Balaban J connectivity index is 2.16. The molecule has 0 amide bonds. The number of benzene rings is 1. The van der Waals surface area contributed by atoms with E-state index in [9.17, 15) is 9.18 Å². The number of nitrogens with two attached hydrogens (primary N) is 1. The Bertz CT molecular complexity index is 510. The van der Waals surface area contributed by atoms with Gasteiger partial charge in [-0.3, -0.25) is 0 Å². The van der Waals surface area contributed by atoms with E-state index in [-0.39, 0.29) is 23.0 Å². The van der Waals surface area contributed by atoms with Gasteiger partial charge in [0.1, 0.15) is 5.82 Å². The topological polar surface area (TPSA) is 75.3 Å². The summed E-state index contributed by atoms with van der Waals surface area (Å²) < 4.78 is 13.9. The average molecular weight is 298 g/mol. The van der Waals surface area contributed by atoms with Crippen molar-refractivity contribution in [3.8, 4) is 0 Å². The molecule has 110 valence electrons. The highest BCUT2D eigenvalue weighted by Crippen LogP contribution is 2.30. The Morgan fingerprint density at radius 3 is 2.90 bits per heavy atom. The van der Waals surface area contributed by atoms with Crippen molar-refractivity contribution in [3.05, 3.63) is 23.5 Å². The van der Waals surface area contributed by atoms with E-state index >= 15 is 0 Å². The quantitative estimate of drug-likeness (QED) is 0.744. The lowest BCUT2D eigenvalue weighted by atomic mass is 9.94. The van der Waals surface area contributed by atoms with Crippen LogP contribution in [0.15, 0.2) is 12.1 Å². The molecular weight excluding hydrogens is 279 g/mol. The molecule has 1 aromatic carbocycles. The zero-order valence-corrected chi connectivity index (χ0v) is 12.2. The van der Waals surface area contributed by atoms with Crippen LogP contribution in [0.25, 0.3) is 0 Å². The summed E-state index contributed by atoms with van der Waals surface area (Å²) in [6.07, 6.45) is 6.31. The number of halogens is 1. The molecule has 1 aliphatic rings. The number of nitrogens with one attached hydrogen (secondary N) is 1. The summed E-state index contributed by atoms with van der Waals surface area (Å²) in [6.45, 7) is 0. The first kappa shape index (κ1) is 15.0. The highest BCUT2D eigenvalue weighted by molar-refractivity contribution is 7.99. The molecule has 1 aliphatic carbocycles. The Labute approximate surface area is 121 Å². The molecular formula is C14H19FN2O2S. The van der Waals surface area contributed by atoms with E-state index in [0.717, 1.165) is 25.3 Å². The zero-order chi connectivity index (χ0) is 14.7. The molecule has 4 N–H and O–H groups in total. The van der Waals surface area contributed by atoms with Gasteiger partial charge in [-0.1, -0.05) is 6.42 Å². The molecule has 0 heterocycles. The van der Waals surface area contributed by atoms with Crippen LogP contribution in [0.4, 0.5) is 15.8 Å². The fourth-order valence-electron chi connectivity index (χ4n) is 2.59. The van der Waals surface area contributed by atoms with Crippen LogP contribution in [0.3, 0.4) is 0 Å². The average Bonchev–Trinajstić information content (AvgIpc) is 2.41. The molecule has 0 aromatic heterocycles. The third-order valence-corrected chi connectivity index (χ3v) is 4.78. The first-order chi connectivity index (χ1) is 9.51. The fraction of sp³-hybridized carbons (Fsp3) is 0.500. The first-order valence-corrected chi connectivity index (χ1v) is 7.91. The van der Waals surface area contributed by atoms with Crippen LogP contribution >= 0.6 is 11.8 Å². The summed E-state index contributed by atoms with van der Waals surface area (Å²) in [5.74, 6) is -1.64. The third-order valence-electron chi connectivity index (χ3n) is 3.69. The highest BCUT2D eigenvalue weighted by atomic mass is 32.2. The van der Waals surface area contributed by atoms with Gasteiger partial charge in [0.2, 0.25) is 0 Å². The van der Waals surface area contributed by atoms with E-state index < -0.39 is 11.8 Å². The Hall–Kier alpha value is -1.43. The first-order valence-electron chi connectivity index (χ1n) is 6.63. The van der Waals surface area contributed by atoms with Gasteiger partial charge in [0.05, 0.1) is 11.3 Å². The lowest BCUT2D eigenvalue weighted by molar-refractivity contribution is 0.0698. The van der Waals surface area contributed by atoms with Gasteiger partial charge in [-0.2, -0.15) is 11.8 Å². The molecule has 0 radical (unpaired) electrons. The van der Waals surface area contributed by atoms with Crippen molar-refractivity contribution in [2.75, 3.05) is 17.3 Å². The van der Waals surface area contributed by atoms with E-state index in [1.165, 1.54) is 12.5 Å². The maximum atomic E-state index is 13.9. The maximum Gasteiger partial charge on any atom is 0.337 e. The predicted molar refractivity (Wildman–Crippen MR) is 81.0 cm³/mol. The Morgan fingerprint density at radius 2 is 2.25 bits per heavy atom. The van der Waals surface area contributed by atoms with E-state index in [4.69, 9.17) is 10.8 Å². The number of carboxylic acids is 1. The molecule has 1 saturated carbocycles. The smallest absolute Gasteiger partial charge is 0.337 e. The molecule has 2 unspecified atom stereocenters.